The van der Waals surface area contributed by atoms with Crippen molar-refractivity contribution in [1.82, 2.24) is 9.66 Å². The lowest BCUT2D eigenvalue weighted by atomic mass is 10.4. The molecule has 1 fully saturated rings. The molecule has 4 N–H and O–H groups in total. The van der Waals surface area contributed by atoms with Gasteiger partial charge in [0.25, 0.3) is 5.56 Å². The molecule has 1 atom stereocenters. The van der Waals surface area contributed by atoms with Crippen molar-refractivity contribution >= 4 is 21.9 Å². The molecule has 9 nitrogen and oxygen atoms in total. The van der Waals surface area contributed by atoms with E-state index in [4.69, 9.17) is 11.0 Å². The highest BCUT2D eigenvalue weighted by Gasteiger charge is 2.41. The van der Waals surface area contributed by atoms with Crippen LogP contribution in [0, 0.1) is 0 Å². The standard InChI is InChI=1S/C9H10F3N5O4S/c10-9(11,12)5-2-7(19)17(13)8(15-5)16-3-4(1-6(16)18)22(14,20)21/h2,4H,1,3,13H2,(H2,14,20,21). The first-order valence-electron chi connectivity index (χ1n) is 5.69. The first-order valence-corrected chi connectivity index (χ1v) is 7.30. The maximum absolute atomic E-state index is 12.7. The quantitative estimate of drug-likeness (QED) is 0.619. The molecule has 0 spiro atoms. The molecule has 2 heterocycles. The average molecular weight is 341 g/mol. The summed E-state index contributed by atoms with van der Waals surface area (Å²) in [5, 5.41) is 3.59. The van der Waals surface area contributed by atoms with Gasteiger partial charge in [-0.05, 0) is 0 Å². The molecular formula is C9H10F3N5O4S. The summed E-state index contributed by atoms with van der Waals surface area (Å²) in [4.78, 5) is 27.0. The summed E-state index contributed by atoms with van der Waals surface area (Å²) < 4.78 is 60.7. The van der Waals surface area contributed by atoms with Gasteiger partial charge in [-0.25, -0.2) is 18.5 Å². The predicted octanol–water partition coefficient (Wildman–Crippen LogP) is -1.63. The first kappa shape index (κ1) is 16.2. The third-order valence-corrected chi connectivity index (χ3v) is 4.26. The van der Waals surface area contributed by atoms with Crippen LogP contribution in [-0.2, 0) is 21.0 Å². The largest absolute Gasteiger partial charge is 0.433 e. The maximum Gasteiger partial charge on any atom is 0.433 e. The summed E-state index contributed by atoms with van der Waals surface area (Å²) in [5.74, 6) is 3.64. The zero-order chi connectivity index (χ0) is 16.9. The second-order valence-corrected chi connectivity index (χ2v) is 6.41. The van der Waals surface area contributed by atoms with Crippen LogP contribution < -0.4 is 21.4 Å². The van der Waals surface area contributed by atoms with E-state index in [9.17, 15) is 31.2 Å². The number of alkyl halides is 3. The molecule has 22 heavy (non-hydrogen) atoms. The van der Waals surface area contributed by atoms with Crippen molar-refractivity contribution in [2.75, 3.05) is 17.3 Å². The van der Waals surface area contributed by atoms with Gasteiger partial charge in [0.05, 0.1) is 0 Å². The average Bonchev–Trinajstić information content (AvgIpc) is 2.73. The van der Waals surface area contributed by atoms with Gasteiger partial charge in [-0.2, -0.15) is 17.8 Å². The van der Waals surface area contributed by atoms with Gasteiger partial charge in [-0.1, -0.05) is 0 Å². The molecule has 0 saturated carbocycles. The number of aromatic nitrogens is 2. The third kappa shape index (κ3) is 2.89. The number of nitrogen functional groups attached to an aromatic ring is 1. The molecule has 0 aromatic carbocycles. The smallest absolute Gasteiger partial charge is 0.333 e. The predicted molar refractivity (Wildman–Crippen MR) is 67.5 cm³/mol. The van der Waals surface area contributed by atoms with Crippen LogP contribution >= 0.6 is 0 Å². The number of nitrogens with zero attached hydrogens (tertiary/aromatic N) is 3. The highest BCUT2D eigenvalue weighted by molar-refractivity contribution is 7.89. The number of primary sulfonamides is 1. The van der Waals surface area contributed by atoms with Gasteiger partial charge in [0.1, 0.15) is 5.25 Å². The number of sulfonamides is 1. The lowest BCUT2D eigenvalue weighted by Gasteiger charge is -2.18. The summed E-state index contributed by atoms with van der Waals surface area (Å²) in [6.45, 7) is -0.539. The number of rotatable bonds is 2. The fraction of sp³-hybridized carbons (Fsp3) is 0.444. The highest BCUT2D eigenvalue weighted by atomic mass is 32.2. The summed E-state index contributed by atoms with van der Waals surface area (Å²) in [7, 11) is -4.08. The molecule has 0 bridgehead atoms. The molecule has 122 valence electrons. The second kappa shape index (κ2) is 4.95. The zero-order valence-electron chi connectivity index (χ0n) is 10.7. The van der Waals surface area contributed by atoms with Crippen LogP contribution in [-0.4, -0.2) is 35.8 Å². The van der Waals surface area contributed by atoms with E-state index in [1.54, 1.807) is 0 Å². The van der Waals surface area contributed by atoms with E-state index in [-0.39, 0.29) is 10.7 Å². The fourth-order valence-electron chi connectivity index (χ4n) is 1.90. The number of nitrogens with two attached hydrogens (primary N) is 2. The SMILES string of the molecule is Nn1c(N2CC(S(N)(=O)=O)CC2=O)nc(C(F)(F)F)cc1=O. The van der Waals surface area contributed by atoms with Crippen molar-refractivity contribution in [3.8, 4) is 0 Å². The minimum Gasteiger partial charge on any atom is -0.333 e. The summed E-state index contributed by atoms with van der Waals surface area (Å²) >= 11 is 0. The van der Waals surface area contributed by atoms with Crippen LogP contribution in [0.25, 0.3) is 0 Å². The van der Waals surface area contributed by atoms with Crippen LogP contribution in [0.4, 0.5) is 19.1 Å². The first-order chi connectivity index (χ1) is 9.91. The third-order valence-electron chi connectivity index (χ3n) is 3.02. The topological polar surface area (TPSA) is 141 Å². The normalized spacial score (nSPS) is 19.7. The monoisotopic (exact) mass is 341 g/mol. The molecule has 1 saturated heterocycles. The summed E-state index contributed by atoms with van der Waals surface area (Å²) in [6, 6.07) is 0.168. The molecule has 1 aromatic heterocycles. The number of carbonyl (C=O) groups is 1. The van der Waals surface area contributed by atoms with E-state index in [0.29, 0.717) is 4.90 Å². The van der Waals surface area contributed by atoms with Crippen LogP contribution in [0.3, 0.4) is 0 Å². The Balaban J connectivity index is 2.52. The van der Waals surface area contributed by atoms with Crippen molar-refractivity contribution in [1.29, 1.82) is 0 Å². The van der Waals surface area contributed by atoms with Crippen LogP contribution in [0.2, 0.25) is 0 Å². The van der Waals surface area contributed by atoms with Gasteiger partial charge in [-0.3, -0.25) is 14.5 Å². The highest BCUT2D eigenvalue weighted by Crippen LogP contribution is 2.29. The lowest BCUT2D eigenvalue weighted by Crippen LogP contribution is -2.39. The van der Waals surface area contributed by atoms with Crippen LogP contribution in [0.5, 0.6) is 0 Å². The van der Waals surface area contributed by atoms with Gasteiger partial charge in [0.15, 0.2) is 5.69 Å². The van der Waals surface area contributed by atoms with E-state index in [2.05, 4.69) is 4.98 Å². The van der Waals surface area contributed by atoms with Gasteiger partial charge < -0.3 is 5.84 Å². The lowest BCUT2D eigenvalue weighted by molar-refractivity contribution is -0.141. The van der Waals surface area contributed by atoms with Crippen molar-refractivity contribution in [3.05, 3.63) is 22.1 Å². The van der Waals surface area contributed by atoms with Gasteiger partial charge in [0, 0.05) is 19.0 Å². The van der Waals surface area contributed by atoms with Crippen molar-refractivity contribution in [2.45, 2.75) is 17.8 Å². The van der Waals surface area contributed by atoms with Crippen molar-refractivity contribution in [2.24, 2.45) is 5.14 Å². The van der Waals surface area contributed by atoms with E-state index in [1.807, 2.05) is 0 Å². The molecule has 0 aliphatic carbocycles. The zero-order valence-corrected chi connectivity index (χ0v) is 11.6. The molecule has 1 aliphatic heterocycles. The van der Waals surface area contributed by atoms with Gasteiger partial charge in [-0.15, -0.1) is 0 Å². The molecule has 1 unspecified atom stereocenters. The minimum absolute atomic E-state index is 0.168. The number of hydrogen-bond donors (Lipinski definition) is 2. The van der Waals surface area contributed by atoms with E-state index < -0.39 is 57.5 Å². The van der Waals surface area contributed by atoms with Crippen molar-refractivity contribution in [3.63, 3.8) is 0 Å². The van der Waals surface area contributed by atoms with E-state index in [1.165, 1.54) is 0 Å². The molecule has 13 heteroatoms. The summed E-state index contributed by atoms with van der Waals surface area (Å²) in [6.07, 6.45) is -5.46. The molecule has 1 aliphatic rings. The second-order valence-electron chi connectivity index (χ2n) is 4.57. The Hall–Kier alpha value is -2.15. The van der Waals surface area contributed by atoms with Crippen LogP contribution in [0.15, 0.2) is 10.9 Å². The van der Waals surface area contributed by atoms with Gasteiger partial charge >= 0.3 is 6.18 Å². The van der Waals surface area contributed by atoms with E-state index >= 15 is 0 Å². The Morgan fingerprint density at radius 3 is 2.36 bits per heavy atom. The number of halogens is 3. The molecule has 1 amide bonds. The molecule has 0 radical (unpaired) electrons. The van der Waals surface area contributed by atoms with Gasteiger partial charge in [0.2, 0.25) is 21.9 Å². The number of amides is 1. The van der Waals surface area contributed by atoms with Crippen LogP contribution in [0.1, 0.15) is 12.1 Å². The molecular weight excluding hydrogens is 331 g/mol. The molecule has 1 aromatic rings. The Morgan fingerprint density at radius 1 is 1.32 bits per heavy atom. The maximum atomic E-state index is 12.7. The number of anilines is 1. The summed E-state index contributed by atoms with van der Waals surface area (Å²) in [5.41, 5.74) is -2.79. The Bertz CT molecular complexity index is 787. The van der Waals surface area contributed by atoms with E-state index in [0.717, 1.165) is 0 Å². The van der Waals surface area contributed by atoms with Crippen molar-refractivity contribution < 1.29 is 26.4 Å². The fourth-order valence-corrected chi connectivity index (χ4v) is 2.63. The Morgan fingerprint density at radius 2 is 1.91 bits per heavy atom. The Kier molecular flexibility index (Phi) is 3.65. The number of hydrogen-bond acceptors (Lipinski definition) is 6. The Labute approximate surface area is 121 Å². The minimum atomic E-state index is -4.93. The molecule has 2 rings (SSSR count). The number of carbonyl (C=O) groups excluding carboxylic acids is 1.